The Labute approximate surface area is 150 Å². The summed E-state index contributed by atoms with van der Waals surface area (Å²) in [5.74, 6) is 0.369. The largest absolute Gasteiger partial charge is 0.337 e. The summed E-state index contributed by atoms with van der Waals surface area (Å²) in [6.07, 6.45) is 13.1. The molecule has 0 bridgehead atoms. The monoisotopic (exact) mass is 339 g/mol. The van der Waals surface area contributed by atoms with Crippen molar-refractivity contribution in [1.29, 1.82) is 0 Å². The molecule has 1 heterocycles. The molecule has 0 saturated carbocycles. The Hall–Kier alpha value is -0.610. The van der Waals surface area contributed by atoms with Crippen LogP contribution in [0.1, 0.15) is 84.5 Å². The zero-order chi connectivity index (χ0) is 17.5. The van der Waals surface area contributed by atoms with E-state index in [1.54, 1.807) is 0 Å². The number of hydrogen-bond donors (Lipinski definition) is 2. The first kappa shape index (κ1) is 21.4. The Morgan fingerprint density at radius 3 is 2.50 bits per heavy atom. The molecule has 1 aliphatic heterocycles. The molecule has 1 saturated heterocycles. The molecule has 4 heteroatoms. The quantitative estimate of drug-likeness (QED) is 0.503. The van der Waals surface area contributed by atoms with Gasteiger partial charge in [-0.2, -0.15) is 0 Å². The Morgan fingerprint density at radius 1 is 1.04 bits per heavy atom. The maximum atomic E-state index is 12.6. The van der Waals surface area contributed by atoms with Crippen LogP contribution in [-0.2, 0) is 4.79 Å². The van der Waals surface area contributed by atoms with E-state index in [2.05, 4.69) is 29.4 Å². The van der Waals surface area contributed by atoms with E-state index in [-0.39, 0.29) is 0 Å². The van der Waals surface area contributed by atoms with Crippen molar-refractivity contribution in [2.24, 2.45) is 0 Å². The fourth-order valence-electron chi connectivity index (χ4n) is 3.42. The number of hydrogen-bond acceptors (Lipinski definition) is 3. The van der Waals surface area contributed by atoms with Crippen LogP contribution >= 0.6 is 0 Å². The second-order valence-corrected chi connectivity index (χ2v) is 7.23. The summed E-state index contributed by atoms with van der Waals surface area (Å²) in [5, 5.41) is 7.07. The minimum atomic E-state index is 0.321. The van der Waals surface area contributed by atoms with Gasteiger partial charge in [0.05, 0.1) is 6.04 Å². The van der Waals surface area contributed by atoms with Gasteiger partial charge in [-0.05, 0) is 32.4 Å². The summed E-state index contributed by atoms with van der Waals surface area (Å²) in [5.41, 5.74) is 0. The molecule has 0 aliphatic carbocycles. The van der Waals surface area contributed by atoms with E-state index in [0.29, 0.717) is 11.9 Å². The topological polar surface area (TPSA) is 44.4 Å². The Bertz CT molecular complexity index is 309. The summed E-state index contributed by atoms with van der Waals surface area (Å²) >= 11 is 0. The highest BCUT2D eigenvalue weighted by Gasteiger charge is 2.24. The summed E-state index contributed by atoms with van der Waals surface area (Å²) in [6, 6.07) is 0.321. The van der Waals surface area contributed by atoms with Gasteiger partial charge in [-0.3, -0.25) is 4.79 Å². The average Bonchev–Trinajstić information content (AvgIpc) is 2.83. The van der Waals surface area contributed by atoms with E-state index in [1.807, 2.05) is 0 Å². The highest BCUT2D eigenvalue weighted by molar-refractivity contribution is 5.76. The van der Waals surface area contributed by atoms with Gasteiger partial charge in [-0.15, -0.1) is 0 Å². The lowest BCUT2D eigenvalue weighted by molar-refractivity contribution is -0.133. The molecule has 24 heavy (non-hydrogen) atoms. The van der Waals surface area contributed by atoms with Gasteiger partial charge in [0.1, 0.15) is 0 Å². The van der Waals surface area contributed by atoms with Crippen LogP contribution in [0.4, 0.5) is 0 Å². The van der Waals surface area contributed by atoms with Crippen molar-refractivity contribution in [2.45, 2.75) is 90.5 Å². The summed E-state index contributed by atoms with van der Waals surface area (Å²) in [7, 11) is 0. The van der Waals surface area contributed by atoms with Crippen molar-refractivity contribution < 1.29 is 4.79 Å². The normalized spacial score (nSPS) is 18.6. The lowest BCUT2D eigenvalue weighted by Crippen LogP contribution is -2.49. The predicted octanol–water partition coefficient (Wildman–Crippen LogP) is 3.71. The maximum absolute atomic E-state index is 12.6. The third-order valence-electron chi connectivity index (χ3n) is 4.97. The molecule has 0 aromatic rings. The lowest BCUT2D eigenvalue weighted by atomic mass is 10.1. The second-order valence-electron chi connectivity index (χ2n) is 7.23. The van der Waals surface area contributed by atoms with Crippen LogP contribution < -0.4 is 10.6 Å². The number of carbonyl (C=O) groups is 1. The van der Waals surface area contributed by atoms with Crippen molar-refractivity contribution in [3.63, 3.8) is 0 Å². The first-order valence-corrected chi connectivity index (χ1v) is 10.5. The molecule has 4 nitrogen and oxygen atoms in total. The predicted molar refractivity (Wildman–Crippen MR) is 103 cm³/mol. The van der Waals surface area contributed by atoms with Crippen molar-refractivity contribution >= 4 is 5.91 Å². The minimum Gasteiger partial charge on any atom is -0.337 e. The smallest absolute Gasteiger partial charge is 0.222 e. The van der Waals surface area contributed by atoms with Gasteiger partial charge in [0.15, 0.2) is 0 Å². The van der Waals surface area contributed by atoms with Gasteiger partial charge < -0.3 is 15.5 Å². The van der Waals surface area contributed by atoms with Crippen molar-refractivity contribution in [3.05, 3.63) is 0 Å². The Morgan fingerprint density at radius 2 is 1.75 bits per heavy atom. The van der Waals surface area contributed by atoms with Gasteiger partial charge in [0.25, 0.3) is 0 Å². The van der Waals surface area contributed by atoms with Crippen molar-refractivity contribution in [1.82, 2.24) is 15.5 Å². The highest BCUT2D eigenvalue weighted by atomic mass is 16.2. The summed E-state index contributed by atoms with van der Waals surface area (Å²) in [6.45, 7) is 9.38. The number of nitrogens with zero attached hydrogens (tertiary/aromatic N) is 1. The minimum absolute atomic E-state index is 0.321. The number of carbonyl (C=O) groups excluding carboxylic acids is 1. The van der Waals surface area contributed by atoms with Crippen LogP contribution in [-0.4, -0.2) is 49.6 Å². The maximum Gasteiger partial charge on any atom is 0.222 e. The van der Waals surface area contributed by atoms with Gasteiger partial charge in [0, 0.05) is 26.1 Å². The average molecular weight is 340 g/mol. The molecule has 1 fully saturated rings. The fraction of sp³-hybridized carbons (Fsp3) is 0.950. The lowest BCUT2D eigenvalue weighted by Gasteiger charge is -2.30. The van der Waals surface area contributed by atoms with Crippen LogP contribution in [0.2, 0.25) is 0 Å². The Balaban J connectivity index is 2.29. The van der Waals surface area contributed by atoms with Crippen LogP contribution in [0.15, 0.2) is 0 Å². The number of rotatable bonds is 13. The van der Waals surface area contributed by atoms with Crippen LogP contribution in [0.5, 0.6) is 0 Å². The molecule has 0 aromatic carbocycles. The molecule has 0 aromatic heterocycles. The number of unbranched alkanes of at least 4 members (excludes halogenated alkanes) is 7. The molecule has 1 atom stereocenters. The second kappa shape index (κ2) is 14.7. The summed E-state index contributed by atoms with van der Waals surface area (Å²) < 4.78 is 0. The molecule has 2 N–H and O–H groups in total. The van der Waals surface area contributed by atoms with E-state index < -0.39 is 0 Å². The van der Waals surface area contributed by atoms with Gasteiger partial charge in [-0.25, -0.2) is 0 Å². The van der Waals surface area contributed by atoms with E-state index in [9.17, 15) is 4.79 Å². The first-order valence-electron chi connectivity index (χ1n) is 10.5. The third kappa shape index (κ3) is 9.63. The molecular weight excluding hydrogens is 298 g/mol. The summed E-state index contributed by atoms with van der Waals surface area (Å²) in [4.78, 5) is 14.8. The van der Waals surface area contributed by atoms with Crippen LogP contribution in [0.3, 0.4) is 0 Å². The molecule has 142 valence electrons. The van der Waals surface area contributed by atoms with Crippen LogP contribution in [0.25, 0.3) is 0 Å². The molecule has 0 spiro atoms. The molecule has 1 rings (SSSR count). The molecular formula is C20H41N3O. The van der Waals surface area contributed by atoms with E-state index in [1.165, 1.54) is 51.4 Å². The van der Waals surface area contributed by atoms with E-state index in [4.69, 9.17) is 0 Å². The standard InChI is InChI=1S/C20H41N3O/c1-3-5-7-9-10-13-20(24)23-16-12-15-22-18-19(23)17-21-14-11-8-6-4-2/h19,21-22H,3-18H2,1-2H3/t19-/m0/s1. The molecule has 1 amide bonds. The van der Waals surface area contributed by atoms with Crippen molar-refractivity contribution in [3.8, 4) is 0 Å². The van der Waals surface area contributed by atoms with E-state index in [0.717, 1.165) is 52.0 Å². The zero-order valence-electron chi connectivity index (χ0n) is 16.2. The molecule has 1 aliphatic rings. The van der Waals surface area contributed by atoms with Gasteiger partial charge in [-0.1, -0.05) is 58.8 Å². The highest BCUT2D eigenvalue weighted by Crippen LogP contribution is 2.11. The first-order chi connectivity index (χ1) is 11.8. The number of nitrogens with one attached hydrogen (secondary N) is 2. The number of amides is 1. The fourth-order valence-corrected chi connectivity index (χ4v) is 3.42. The van der Waals surface area contributed by atoms with E-state index >= 15 is 0 Å². The molecule has 0 radical (unpaired) electrons. The molecule has 0 unspecified atom stereocenters. The van der Waals surface area contributed by atoms with Crippen LogP contribution in [0, 0.1) is 0 Å². The van der Waals surface area contributed by atoms with Gasteiger partial charge >= 0.3 is 0 Å². The zero-order valence-corrected chi connectivity index (χ0v) is 16.2. The third-order valence-corrected chi connectivity index (χ3v) is 4.97. The van der Waals surface area contributed by atoms with Gasteiger partial charge in [0.2, 0.25) is 5.91 Å². The Kier molecular flexibility index (Phi) is 13.1. The van der Waals surface area contributed by atoms with Crippen molar-refractivity contribution in [2.75, 3.05) is 32.7 Å². The SMILES string of the molecule is CCCCCCCC(=O)N1CCCNC[C@@H]1CNCCCCCC.